The molecule has 0 fully saturated rings. The van der Waals surface area contributed by atoms with Crippen molar-refractivity contribution in [2.24, 2.45) is 11.8 Å². The summed E-state index contributed by atoms with van der Waals surface area (Å²) in [5, 5.41) is 0. The molecule has 0 heterocycles. The molecule has 0 bridgehead atoms. The van der Waals surface area contributed by atoms with Crippen LogP contribution in [0.2, 0.25) is 0 Å². The molecule has 18 heavy (non-hydrogen) atoms. The van der Waals surface area contributed by atoms with Crippen molar-refractivity contribution >= 4 is 23.8 Å². The Morgan fingerprint density at radius 3 is 2.89 bits per heavy atom. The van der Waals surface area contributed by atoms with Gasteiger partial charge in [-0.05, 0) is 35.1 Å². The van der Waals surface area contributed by atoms with Crippen LogP contribution in [0.5, 0.6) is 0 Å². The van der Waals surface area contributed by atoms with Crippen molar-refractivity contribution in [1.82, 2.24) is 0 Å². The molecule has 0 aliphatic heterocycles. The van der Waals surface area contributed by atoms with Crippen LogP contribution < -0.4 is 0 Å². The summed E-state index contributed by atoms with van der Waals surface area (Å²) in [5.41, 5.74) is 7.56. The van der Waals surface area contributed by atoms with E-state index in [0.717, 1.165) is 6.42 Å². The van der Waals surface area contributed by atoms with E-state index in [0.29, 0.717) is 11.8 Å². The lowest BCUT2D eigenvalue weighted by atomic mass is 9.61. The summed E-state index contributed by atoms with van der Waals surface area (Å²) in [7, 11) is 2.26. The van der Waals surface area contributed by atoms with Crippen molar-refractivity contribution in [1.29, 1.82) is 0 Å². The molecular weight excluding hydrogens is 283 g/mol. The van der Waals surface area contributed by atoms with Crippen LogP contribution >= 0.6 is 15.9 Å². The van der Waals surface area contributed by atoms with Gasteiger partial charge in [-0.25, -0.2) is 0 Å². The zero-order chi connectivity index (χ0) is 12.3. The molecule has 0 amide bonds. The highest BCUT2D eigenvalue weighted by Crippen LogP contribution is 2.51. The van der Waals surface area contributed by atoms with Gasteiger partial charge in [0.2, 0.25) is 0 Å². The van der Waals surface area contributed by atoms with Crippen LogP contribution in [0.15, 0.2) is 68.7 Å². The standard InChI is InChI=1S/C16H14BBr/c17-13-7-3-9-2-6-12-14(18)8-4-10-1-5-11(13)15(9)16(10)12/h1-3,5-7,11,15H,4,8,17H2. The Bertz CT molecular complexity index is 625. The Hall–Kier alpha value is -1.02. The van der Waals surface area contributed by atoms with E-state index in [2.05, 4.69) is 60.2 Å². The minimum absolute atomic E-state index is 0.571. The topological polar surface area (TPSA) is 0 Å². The highest BCUT2D eigenvalue weighted by molar-refractivity contribution is 9.11. The number of rotatable bonds is 0. The van der Waals surface area contributed by atoms with Crippen molar-refractivity contribution in [3.8, 4) is 0 Å². The van der Waals surface area contributed by atoms with Crippen LogP contribution in [-0.4, -0.2) is 7.85 Å². The molecule has 0 saturated carbocycles. The molecule has 4 aliphatic carbocycles. The predicted octanol–water partition coefficient (Wildman–Crippen LogP) is 3.55. The summed E-state index contributed by atoms with van der Waals surface area (Å²) in [6.45, 7) is 0. The van der Waals surface area contributed by atoms with Gasteiger partial charge < -0.3 is 0 Å². The highest BCUT2D eigenvalue weighted by Gasteiger charge is 2.37. The molecule has 2 heteroatoms. The van der Waals surface area contributed by atoms with Gasteiger partial charge in [0.05, 0.1) is 0 Å². The molecular formula is C16H14BBr. The van der Waals surface area contributed by atoms with Crippen LogP contribution in [0.25, 0.3) is 0 Å². The van der Waals surface area contributed by atoms with Crippen LogP contribution in [0, 0.1) is 11.8 Å². The van der Waals surface area contributed by atoms with Crippen LogP contribution in [0.1, 0.15) is 12.8 Å². The van der Waals surface area contributed by atoms with E-state index < -0.39 is 0 Å². The van der Waals surface area contributed by atoms with Gasteiger partial charge in [-0.2, -0.15) is 0 Å². The minimum Gasteiger partial charge on any atom is -0.102 e. The molecule has 88 valence electrons. The third-order valence-electron chi connectivity index (χ3n) is 4.58. The average molecular weight is 297 g/mol. The van der Waals surface area contributed by atoms with Crippen molar-refractivity contribution in [2.75, 3.05) is 0 Å². The molecule has 4 aliphatic rings. The van der Waals surface area contributed by atoms with E-state index in [9.17, 15) is 0 Å². The maximum absolute atomic E-state index is 3.77. The SMILES string of the molecule is BC1=CC=C2C=CC3=C(Br)CCC4=C3C2C1C=C4. The van der Waals surface area contributed by atoms with E-state index >= 15 is 0 Å². The molecule has 0 N–H and O–H groups in total. The fourth-order valence-electron chi connectivity index (χ4n) is 3.63. The molecule has 2 unspecified atom stereocenters. The summed E-state index contributed by atoms with van der Waals surface area (Å²) in [5.74, 6) is 1.14. The van der Waals surface area contributed by atoms with Gasteiger partial charge in [0.15, 0.2) is 0 Å². The summed E-state index contributed by atoms with van der Waals surface area (Å²) in [4.78, 5) is 0. The van der Waals surface area contributed by atoms with E-state index in [-0.39, 0.29) is 0 Å². The third-order valence-corrected chi connectivity index (χ3v) is 5.41. The van der Waals surface area contributed by atoms with Gasteiger partial charge in [0.25, 0.3) is 0 Å². The van der Waals surface area contributed by atoms with Crippen molar-refractivity contribution < 1.29 is 0 Å². The Labute approximate surface area is 117 Å². The fraction of sp³-hybridized carbons (Fsp3) is 0.250. The van der Waals surface area contributed by atoms with Gasteiger partial charge in [-0.1, -0.05) is 52.4 Å². The quantitative estimate of drug-likeness (QED) is 0.600. The molecule has 0 saturated heterocycles. The van der Waals surface area contributed by atoms with E-state index in [1.165, 1.54) is 27.5 Å². The molecule has 2 atom stereocenters. The zero-order valence-electron chi connectivity index (χ0n) is 10.4. The van der Waals surface area contributed by atoms with Crippen molar-refractivity contribution in [3.63, 3.8) is 0 Å². The van der Waals surface area contributed by atoms with Crippen LogP contribution in [0.4, 0.5) is 0 Å². The number of hydrogen-bond donors (Lipinski definition) is 0. The Balaban J connectivity index is 2.00. The number of halogens is 1. The Morgan fingerprint density at radius 1 is 1.11 bits per heavy atom. The van der Waals surface area contributed by atoms with Crippen LogP contribution in [-0.2, 0) is 0 Å². The Morgan fingerprint density at radius 2 is 2.00 bits per heavy atom. The van der Waals surface area contributed by atoms with Gasteiger partial charge in [0.1, 0.15) is 7.85 Å². The molecule has 0 nitrogen and oxygen atoms in total. The van der Waals surface area contributed by atoms with Crippen molar-refractivity contribution in [3.05, 3.63) is 68.7 Å². The number of allylic oxidation sites excluding steroid dienone is 12. The smallest absolute Gasteiger partial charge is 0.102 e. The zero-order valence-corrected chi connectivity index (χ0v) is 12.0. The first kappa shape index (κ1) is 10.9. The summed E-state index contributed by atoms with van der Waals surface area (Å²) >= 11 is 3.77. The largest absolute Gasteiger partial charge is 0.134 e. The molecule has 0 aromatic rings. The third kappa shape index (κ3) is 1.33. The maximum Gasteiger partial charge on any atom is 0.134 e. The molecule has 4 rings (SSSR count). The van der Waals surface area contributed by atoms with Gasteiger partial charge in [-0.15, -0.1) is 5.47 Å². The first-order valence-corrected chi connectivity index (χ1v) is 7.42. The predicted molar refractivity (Wildman–Crippen MR) is 82.2 cm³/mol. The minimum atomic E-state index is 0.571. The highest BCUT2D eigenvalue weighted by atomic mass is 79.9. The maximum atomic E-state index is 3.77. The first-order chi connectivity index (χ1) is 8.75. The number of hydrogen-bond acceptors (Lipinski definition) is 0. The Kier molecular flexibility index (Phi) is 2.26. The first-order valence-electron chi connectivity index (χ1n) is 6.62. The lowest BCUT2D eigenvalue weighted by Crippen LogP contribution is -2.29. The van der Waals surface area contributed by atoms with E-state index in [1.807, 2.05) is 0 Å². The molecule has 0 aromatic carbocycles. The lowest BCUT2D eigenvalue weighted by Gasteiger charge is -2.40. The lowest BCUT2D eigenvalue weighted by molar-refractivity contribution is 0.578. The summed E-state index contributed by atoms with van der Waals surface area (Å²) in [6, 6.07) is 0. The molecule has 0 radical (unpaired) electrons. The van der Waals surface area contributed by atoms with E-state index in [1.54, 1.807) is 11.1 Å². The van der Waals surface area contributed by atoms with Gasteiger partial charge >= 0.3 is 0 Å². The second-order valence-electron chi connectivity index (χ2n) is 5.53. The second-order valence-corrected chi connectivity index (χ2v) is 6.49. The second kappa shape index (κ2) is 3.74. The normalized spacial score (nSPS) is 32.3. The van der Waals surface area contributed by atoms with Crippen molar-refractivity contribution in [2.45, 2.75) is 12.8 Å². The molecule has 0 aromatic heterocycles. The summed E-state index contributed by atoms with van der Waals surface area (Å²) < 4.78 is 1.39. The van der Waals surface area contributed by atoms with Crippen LogP contribution in [0.3, 0.4) is 0 Å². The fourth-order valence-corrected chi connectivity index (χ4v) is 4.18. The average Bonchev–Trinajstić information content (AvgIpc) is 2.40. The monoisotopic (exact) mass is 296 g/mol. The van der Waals surface area contributed by atoms with E-state index in [4.69, 9.17) is 0 Å². The van der Waals surface area contributed by atoms with Gasteiger partial charge in [-0.3, -0.25) is 0 Å². The summed E-state index contributed by atoms with van der Waals surface area (Å²) in [6.07, 6.45) is 16.3. The van der Waals surface area contributed by atoms with Gasteiger partial charge in [0, 0.05) is 16.3 Å². The molecule has 0 spiro atoms.